The van der Waals surface area contributed by atoms with Crippen molar-refractivity contribution in [1.29, 1.82) is 0 Å². The molecule has 0 aromatic heterocycles. The fraction of sp³-hybridized carbons (Fsp3) is 0.222. The molecule has 0 aliphatic rings. The molecule has 0 saturated carbocycles. The van der Waals surface area contributed by atoms with Crippen LogP contribution in [0.2, 0.25) is 0 Å². The summed E-state index contributed by atoms with van der Waals surface area (Å²) in [6.45, 7) is 1.47. The standard InChI is InChI=1S/C18H19NO2/c1-14(20)19-18(16-10-6-3-7-11-16)13-17(21)12-15-8-4-2-5-9-15/h2-11,18H,12-13H2,1H3,(H,19,20)/t18-/m1/s1. The normalized spacial score (nSPS) is 11.7. The van der Waals surface area contributed by atoms with Crippen molar-refractivity contribution in [2.24, 2.45) is 0 Å². The van der Waals surface area contributed by atoms with Crippen LogP contribution in [0.5, 0.6) is 0 Å². The first-order valence-corrected chi connectivity index (χ1v) is 7.03. The van der Waals surface area contributed by atoms with Gasteiger partial charge < -0.3 is 5.32 Å². The van der Waals surface area contributed by atoms with Crippen LogP contribution in [0, 0.1) is 0 Å². The van der Waals surface area contributed by atoms with Crippen molar-refractivity contribution in [1.82, 2.24) is 5.32 Å². The Morgan fingerprint density at radius 3 is 2.10 bits per heavy atom. The molecule has 1 amide bonds. The first kappa shape index (κ1) is 15.0. The van der Waals surface area contributed by atoms with Gasteiger partial charge in [0.05, 0.1) is 6.04 Å². The lowest BCUT2D eigenvalue weighted by Gasteiger charge is -2.17. The van der Waals surface area contributed by atoms with Gasteiger partial charge in [0.15, 0.2) is 0 Å². The van der Waals surface area contributed by atoms with Crippen molar-refractivity contribution in [3.8, 4) is 0 Å². The number of amides is 1. The molecule has 2 aromatic rings. The van der Waals surface area contributed by atoms with E-state index in [2.05, 4.69) is 5.32 Å². The first-order valence-electron chi connectivity index (χ1n) is 7.03. The van der Waals surface area contributed by atoms with Crippen LogP contribution in [0.3, 0.4) is 0 Å². The number of carbonyl (C=O) groups is 2. The highest BCUT2D eigenvalue weighted by atomic mass is 16.1. The Bertz CT molecular complexity index is 593. The zero-order valence-electron chi connectivity index (χ0n) is 12.1. The summed E-state index contributed by atoms with van der Waals surface area (Å²) in [5.74, 6) is -0.0137. The number of nitrogens with one attached hydrogen (secondary N) is 1. The number of Topliss-reactive ketones (excluding diaryl/α,β-unsaturated/α-hetero) is 1. The van der Waals surface area contributed by atoms with E-state index in [9.17, 15) is 9.59 Å². The molecule has 1 N–H and O–H groups in total. The van der Waals surface area contributed by atoms with Crippen molar-refractivity contribution >= 4 is 11.7 Å². The summed E-state index contributed by atoms with van der Waals surface area (Å²) in [5, 5.41) is 2.85. The smallest absolute Gasteiger partial charge is 0.217 e. The molecule has 0 aliphatic heterocycles. The molecule has 0 aliphatic carbocycles. The van der Waals surface area contributed by atoms with Crippen LogP contribution in [-0.4, -0.2) is 11.7 Å². The second kappa shape index (κ2) is 7.39. The fourth-order valence-corrected chi connectivity index (χ4v) is 2.31. The van der Waals surface area contributed by atoms with E-state index < -0.39 is 0 Å². The third-order valence-electron chi connectivity index (χ3n) is 3.26. The van der Waals surface area contributed by atoms with Gasteiger partial charge in [0.1, 0.15) is 5.78 Å². The molecule has 0 bridgehead atoms. The Labute approximate surface area is 125 Å². The van der Waals surface area contributed by atoms with Crippen molar-refractivity contribution in [2.45, 2.75) is 25.8 Å². The van der Waals surface area contributed by atoms with Gasteiger partial charge in [-0.05, 0) is 11.1 Å². The molecule has 0 heterocycles. The first-order chi connectivity index (χ1) is 10.1. The van der Waals surface area contributed by atoms with Gasteiger partial charge >= 0.3 is 0 Å². The summed E-state index contributed by atoms with van der Waals surface area (Å²) in [6.07, 6.45) is 0.697. The summed E-state index contributed by atoms with van der Waals surface area (Å²) in [5.41, 5.74) is 1.95. The maximum Gasteiger partial charge on any atom is 0.217 e. The van der Waals surface area contributed by atoms with E-state index in [0.717, 1.165) is 11.1 Å². The molecule has 3 nitrogen and oxygen atoms in total. The van der Waals surface area contributed by atoms with Crippen LogP contribution < -0.4 is 5.32 Å². The van der Waals surface area contributed by atoms with E-state index in [0.29, 0.717) is 12.8 Å². The molecule has 108 valence electrons. The molecule has 2 rings (SSSR count). The molecule has 3 heteroatoms. The summed E-state index contributed by atoms with van der Waals surface area (Å²) >= 11 is 0. The average Bonchev–Trinajstić information content (AvgIpc) is 2.48. The van der Waals surface area contributed by atoms with Crippen molar-refractivity contribution in [2.75, 3.05) is 0 Å². The minimum atomic E-state index is -0.264. The average molecular weight is 281 g/mol. The largest absolute Gasteiger partial charge is 0.349 e. The molecule has 2 aromatic carbocycles. The van der Waals surface area contributed by atoms with Gasteiger partial charge in [-0.2, -0.15) is 0 Å². The number of ketones is 1. The van der Waals surface area contributed by atoms with Crippen LogP contribution in [0.4, 0.5) is 0 Å². The topological polar surface area (TPSA) is 46.2 Å². The van der Waals surface area contributed by atoms with Crippen LogP contribution in [0.15, 0.2) is 60.7 Å². The van der Waals surface area contributed by atoms with Crippen molar-refractivity contribution in [3.05, 3.63) is 71.8 Å². The molecular formula is C18H19NO2. The Kier molecular flexibility index (Phi) is 5.27. The molecule has 0 fully saturated rings. The summed E-state index contributed by atoms with van der Waals surface area (Å²) in [4.78, 5) is 23.6. The Balaban J connectivity index is 2.05. The van der Waals surface area contributed by atoms with Crippen molar-refractivity contribution < 1.29 is 9.59 Å². The maximum absolute atomic E-state index is 12.2. The van der Waals surface area contributed by atoms with Gasteiger partial charge in [0, 0.05) is 19.8 Å². The Hall–Kier alpha value is -2.42. The minimum Gasteiger partial charge on any atom is -0.349 e. The molecule has 0 spiro atoms. The van der Waals surface area contributed by atoms with Gasteiger partial charge in [-0.1, -0.05) is 60.7 Å². The number of hydrogen-bond acceptors (Lipinski definition) is 2. The molecule has 1 atom stereocenters. The van der Waals surface area contributed by atoms with Crippen LogP contribution >= 0.6 is 0 Å². The third kappa shape index (κ3) is 4.88. The highest BCUT2D eigenvalue weighted by Crippen LogP contribution is 2.18. The minimum absolute atomic E-state index is 0.115. The van der Waals surface area contributed by atoms with Gasteiger partial charge in [-0.25, -0.2) is 0 Å². The van der Waals surface area contributed by atoms with Gasteiger partial charge in [-0.3, -0.25) is 9.59 Å². The van der Waals surface area contributed by atoms with E-state index >= 15 is 0 Å². The molecule has 0 unspecified atom stereocenters. The van der Waals surface area contributed by atoms with Crippen LogP contribution in [-0.2, 0) is 16.0 Å². The number of rotatable bonds is 6. The second-order valence-electron chi connectivity index (χ2n) is 5.07. The molecule has 21 heavy (non-hydrogen) atoms. The zero-order valence-corrected chi connectivity index (χ0v) is 12.1. The Morgan fingerprint density at radius 1 is 0.952 bits per heavy atom. The van der Waals surface area contributed by atoms with E-state index in [1.807, 2.05) is 60.7 Å². The summed E-state index contributed by atoms with van der Waals surface area (Å²) in [6, 6.07) is 19.0. The van der Waals surface area contributed by atoms with E-state index in [1.54, 1.807) is 0 Å². The molecular weight excluding hydrogens is 262 g/mol. The Morgan fingerprint density at radius 2 is 1.52 bits per heavy atom. The van der Waals surface area contributed by atoms with E-state index in [1.165, 1.54) is 6.92 Å². The maximum atomic E-state index is 12.2. The second-order valence-corrected chi connectivity index (χ2v) is 5.07. The van der Waals surface area contributed by atoms with E-state index in [-0.39, 0.29) is 17.7 Å². The predicted octanol–water partition coefficient (Wildman–Crippen LogP) is 3.07. The van der Waals surface area contributed by atoms with Gasteiger partial charge in [-0.15, -0.1) is 0 Å². The highest BCUT2D eigenvalue weighted by molar-refractivity contribution is 5.82. The van der Waals surface area contributed by atoms with Crippen LogP contribution in [0.1, 0.15) is 30.5 Å². The lowest BCUT2D eigenvalue weighted by Crippen LogP contribution is -2.28. The monoisotopic (exact) mass is 281 g/mol. The SMILES string of the molecule is CC(=O)N[C@H](CC(=O)Cc1ccccc1)c1ccccc1. The number of carbonyl (C=O) groups excluding carboxylic acids is 2. The zero-order chi connectivity index (χ0) is 15.1. The highest BCUT2D eigenvalue weighted by Gasteiger charge is 2.16. The van der Waals surface area contributed by atoms with Crippen LogP contribution in [0.25, 0.3) is 0 Å². The predicted molar refractivity (Wildman–Crippen MR) is 82.8 cm³/mol. The lowest BCUT2D eigenvalue weighted by atomic mass is 9.98. The number of hydrogen-bond donors (Lipinski definition) is 1. The quantitative estimate of drug-likeness (QED) is 0.884. The van der Waals surface area contributed by atoms with Gasteiger partial charge in [0.2, 0.25) is 5.91 Å². The number of benzene rings is 2. The fourth-order valence-electron chi connectivity index (χ4n) is 2.31. The lowest BCUT2D eigenvalue weighted by molar-refractivity contribution is -0.121. The van der Waals surface area contributed by atoms with E-state index in [4.69, 9.17) is 0 Å². The molecule has 0 radical (unpaired) electrons. The van der Waals surface area contributed by atoms with Crippen molar-refractivity contribution in [3.63, 3.8) is 0 Å². The third-order valence-corrected chi connectivity index (χ3v) is 3.26. The summed E-state index contributed by atoms with van der Waals surface area (Å²) in [7, 11) is 0. The molecule has 0 saturated heterocycles. The van der Waals surface area contributed by atoms with Gasteiger partial charge in [0.25, 0.3) is 0 Å². The summed E-state index contributed by atoms with van der Waals surface area (Å²) < 4.78 is 0.